The fourth-order valence-corrected chi connectivity index (χ4v) is 3.47. The molecule has 2 aromatic heterocycles. The molecule has 0 amide bonds. The van der Waals surface area contributed by atoms with Gasteiger partial charge in [-0.2, -0.15) is 0 Å². The molecule has 0 saturated carbocycles. The summed E-state index contributed by atoms with van der Waals surface area (Å²) in [5.41, 5.74) is 9.63. The Morgan fingerprint density at radius 3 is 2.47 bits per heavy atom. The lowest BCUT2D eigenvalue weighted by molar-refractivity contribution is 0.284. The Bertz CT molecular complexity index is 1180. The first-order chi connectivity index (χ1) is 14.6. The van der Waals surface area contributed by atoms with Crippen molar-refractivity contribution in [2.45, 2.75) is 13.2 Å². The average Bonchev–Trinajstić information content (AvgIpc) is 3.07. The number of aromatic nitrogens is 3. The highest BCUT2D eigenvalue weighted by atomic mass is 79.9. The highest BCUT2D eigenvalue weighted by Gasteiger charge is 2.12. The quantitative estimate of drug-likeness (QED) is 0.432. The van der Waals surface area contributed by atoms with Gasteiger partial charge in [0.1, 0.15) is 17.9 Å². The molecule has 2 N–H and O–H groups in total. The first-order valence-electron chi connectivity index (χ1n) is 9.27. The van der Waals surface area contributed by atoms with Crippen LogP contribution in [0.3, 0.4) is 0 Å². The van der Waals surface area contributed by atoms with E-state index in [1.165, 1.54) is 0 Å². The molecular weight excluding hydrogens is 448 g/mol. The summed E-state index contributed by atoms with van der Waals surface area (Å²) in [6.07, 6.45) is 1.73. The summed E-state index contributed by atoms with van der Waals surface area (Å²) in [7, 11) is 3.27. The number of methoxy groups -OCH3 is 2. The van der Waals surface area contributed by atoms with E-state index in [2.05, 4.69) is 25.9 Å². The lowest BCUT2D eigenvalue weighted by atomic mass is 10.2. The third-order valence-electron chi connectivity index (χ3n) is 4.70. The van der Waals surface area contributed by atoms with Crippen molar-refractivity contribution in [3.63, 3.8) is 0 Å². The van der Waals surface area contributed by atoms with E-state index < -0.39 is 0 Å². The van der Waals surface area contributed by atoms with Crippen LogP contribution in [0, 0.1) is 0 Å². The molecule has 0 saturated heterocycles. The fourth-order valence-electron chi connectivity index (χ4n) is 3.15. The number of halogens is 1. The molecule has 0 fully saturated rings. The number of benzene rings is 2. The lowest BCUT2D eigenvalue weighted by Gasteiger charge is -2.13. The van der Waals surface area contributed by atoms with Crippen molar-refractivity contribution >= 4 is 33.0 Å². The van der Waals surface area contributed by atoms with Crippen LogP contribution in [0.5, 0.6) is 17.2 Å². The van der Waals surface area contributed by atoms with Gasteiger partial charge in [-0.3, -0.25) is 4.57 Å². The molecule has 0 aliphatic heterocycles. The van der Waals surface area contributed by atoms with Crippen LogP contribution in [0.1, 0.15) is 11.1 Å². The number of nitrogen functional groups attached to an aromatic ring is 1. The van der Waals surface area contributed by atoms with Gasteiger partial charge in [-0.25, -0.2) is 9.97 Å². The summed E-state index contributed by atoms with van der Waals surface area (Å²) >= 11 is 3.41. The maximum Gasteiger partial charge on any atom is 0.202 e. The van der Waals surface area contributed by atoms with E-state index in [0.29, 0.717) is 30.6 Å². The van der Waals surface area contributed by atoms with Crippen molar-refractivity contribution in [2.24, 2.45) is 0 Å². The minimum atomic E-state index is 0.411. The van der Waals surface area contributed by atoms with E-state index in [1.807, 2.05) is 53.1 Å². The summed E-state index contributed by atoms with van der Waals surface area (Å²) in [4.78, 5) is 8.83. The molecule has 4 rings (SSSR count). The smallest absolute Gasteiger partial charge is 0.202 e. The number of anilines is 1. The molecule has 0 aliphatic carbocycles. The highest BCUT2D eigenvalue weighted by Crippen LogP contribution is 2.30. The number of pyridine rings is 1. The maximum absolute atomic E-state index is 6.12. The van der Waals surface area contributed by atoms with Gasteiger partial charge in [0, 0.05) is 10.7 Å². The summed E-state index contributed by atoms with van der Waals surface area (Å²) in [5, 5.41) is 0. The zero-order valence-corrected chi connectivity index (χ0v) is 18.2. The van der Waals surface area contributed by atoms with Gasteiger partial charge in [-0.1, -0.05) is 18.2 Å². The van der Waals surface area contributed by atoms with Crippen LogP contribution in [-0.4, -0.2) is 28.8 Å². The van der Waals surface area contributed by atoms with Crippen molar-refractivity contribution < 1.29 is 14.2 Å². The number of nitrogens with two attached hydrogens (primary N) is 1. The first-order valence-corrected chi connectivity index (χ1v) is 10.1. The topological polar surface area (TPSA) is 84.4 Å². The number of fused-ring (bicyclic) bond motifs is 1. The Morgan fingerprint density at radius 1 is 0.967 bits per heavy atom. The van der Waals surface area contributed by atoms with E-state index in [-0.39, 0.29) is 0 Å². The maximum atomic E-state index is 6.12. The highest BCUT2D eigenvalue weighted by molar-refractivity contribution is 9.10. The zero-order valence-electron chi connectivity index (χ0n) is 16.6. The van der Waals surface area contributed by atoms with E-state index >= 15 is 0 Å². The van der Waals surface area contributed by atoms with Crippen molar-refractivity contribution in [2.75, 3.05) is 20.0 Å². The molecule has 30 heavy (non-hydrogen) atoms. The molecule has 154 valence electrons. The van der Waals surface area contributed by atoms with Crippen LogP contribution >= 0.6 is 15.9 Å². The molecule has 0 radical (unpaired) electrons. The minimum absolute atomic E-state index is 0.411. The molecule has 0 bridgehead atoms. The van der Waals surface area contributed by atoms with Crippen molar-refractivity contribution in [3.05, 3.63) is 70.3 Å². The van der Waals surface area contributed by atoms with Crippen LogP contribution in [0.25, 0.3) is 11.2 Å². The molecule has 2 heterocycles. The van der Waals surface area contributed by atoms with E-state index in [0.717, 1.165) is 32.5 Å². The van der Waals surface area contributed by atoms with Gasteiger partial charge in [0.05, 0.1) is 20.8 Å². The van der Waals surface area contributed by atoms with Crippen LogP contribution in [0.2, 0.25) is 0 Å². The summed E-state index contributed by atoms with van der Waals surface area (Å²) in [6, 6.07) is 15.5. The van der Waals surface area contributed by atoms with E-state index in [9.17, 15) is 0 Å². The molecular formula is C22H21BrN4O3. The largest absolute Gasteiger partial charge is 0.497 e. The van der Waals surface area contributed by atoms with Crippen LogP contribution < -0.4 is 19.9 Å². The zero-order chi connectivity index (χ0) is 21.1. The predicted molar refractivity (Wildman–Crippen MR) is 119 cm³/mol. The molecule has 2 aromatic carbocycles. The van der Waals surface area contributed by atoms with Gasteiger partial charge in [0.25, 0.3) is 0 Å². The Balaban J connectivity index is 1.53. The minimum Gasteiger partial charge on any atom is -0.497 e. The number of hydrogen-bond donors (Lipinski definition) is 1. The molecule has 0 atom stereocenters. The van der Waals surface area contributed by atoms with Crippen LogP contribution in [0.15, 0.2) is 59.2 Å². The Labute approximate surface area is 182 Å². The standard InChI is InChI=1S/C22H21BrN4O3/c1-28-17-6-3-14(4-7-17)13-30-19-8-5-15(9-20(19)29-2)12-27-21-18(26-22(27)24)10-16(23)11-25-21/h3-11H,12-13H2,1-2H3,(H2,24,26). The third kappa shape index (κ3) is 4.18. The Morgan fingerprint density at radius 2 is 1.73 bits per heavy atom. The second-order valence-corrected chi connectivity index (χ2v) is 7.59. The fraction of sp³-hybridized carbons (Fsp3) is 0.182. The van der Waals surface area contributed by atoms with Gasteiger partial charge in [-0.05, 0) is 57.4 Å². The van der Waals surface area contributed by atoms with Crippen LogP contribution in [-0.2, 0) is 13.2 Å². The number of imidazole rings is 1. The molecule has 4 aromatic rings. The number of hydrogen-bond acceptors (Lipinski definition) is 6. The predicted octanol–water partition coefficient (Wildman–Crippen LogP) is 4.42. The Hall–Kier alpha value is -3.26. The van der Waals surface area contributed by atoms with Crippen molar-refractivity contribution in [1.82, 2.24) is 14.5 Å². The Kier molecular flexibility index (Phi) is 5.76. The monoisotopic (exact) mass is 468 g/mol. The molecule has 0 aliphatic rings. The van der Waals surface area contributed by atoms with Crippen molar-refractivity contribution in [1.29, 1.82) is 0 Å². The molecule has 7 nitrogen and oxygen atoms in total. The lowest BCUT2D eigenvalue weighted by Crippen LogP contribution is -2.06. The normalized spacial score (nSPS) is 10.9. The number of ether oxygens (including phenoxy) is 3. The SMILES string of the molecule is COc1ccc(COc2ccc(Cn3c(N)nc4cc(Br)cnc43)cc2OC)cc1. The third-order valence-corrected chi connectivity index (χ3v) is 5.14. The second kappa shape index (κ2) is 8.62. The van der Waals surface area contributed by atoms with Crippen molar-refractivity contribution in [3.8, 4) is 17.2 Å². The van der Waals surface area contributed by atoms with Gasteiger partial charge in [-0.15, -0.1) is 0 Å². The van der Waals surface area contributed by atoms with Gasteiger partial charge >= 0.3 is 0 Å². The molecule has 0 unspecified atom stereocenters. The van der Waals surface area contributed by atoms with Gasteiger partial charge in [0.15, 0.2) is 17.1 Å². The second-order valence-electron chi connectivity index (χ2n) is 6.67. The average molecular weight is 469 g/mol. The van der Waals surface area contributed by atoms with Gasteiger partial charge in [0.2, 0.25) is 5.95 Å². The number of rotatable bonds is 7. The number of nitrogens with zero attached hydrogens (tertiary/aromatic N) is 3. The van der Waals surface area contributed by atoms with E-state index in [4.69, 9.17) is 19.9 Å². The van der Waals surface area contributed by atoms with Gasteiger partial charge < -0.3 is 19.9 Å². The molecule has 8 heteroatoms. The van der Waals surface area contributed by atoms with E-state index in [1.54, 1.807) is 20.4 Å². The summed E-state index contributed by atoms with van der Waals surface area (Å²) in [6.45, 7) is 0.948. The van der Waals surface area contributed by atoms with Crippen LogP contribution in [0.4, 0.5) is 5.95 Å². The summed E-state index contributed by atoms with van der Waals surface area (Å²) < 4.78 is 19.4. The summed E-state index contributed by atoms with van der Waals surface area (Å²) in [5.74, 6) is 2.55. The first kappa shape index (κ1) is 20.0. The molecule has 0 spiro atoms.